The van der Waals surface area contributed by atoms with Crippen LogP contribution in [-0.2, 0) is 33.3 Å². The number of ether oxygens (including phenoxy) is 4. The van der Waals surface area contributed by atoms with Gasteiger partial charge in [0, 0.05) is 12.8 Å². The van der Waals surface area contributed by atoms with Crippen LogP contribution in [0.2, 0.25) is 0 Å². The monoisotopic (exact) mass is 1360 g/mol. The highest BCUT2D eigenvalue weighted by Gasteiger charge is 2.22. The van der Waals surface area contributed by atoms with Crippen molar-refractivity contribution >= 4 is 17.9 Å². The van der Waals surface area contributed by atoms with Gasteiger partial charge in [0.05, 0.1) is 40.3 Å². The van der Waals surface area contributed by atoms with E-state index < -0.39 is 24.3 Å². The summed E-state index contributed by atoms with van der Waals surface area (Å²) in [5.41, 5.74) is 0. The third-order valence-electron chi connectivity index (χ3n) is 20.3. The Balaban J connectivity index is 3.90. The topological polar surface area (TPSA) is 111 Å². The fraction of sp³-hybridized carbons (Fsp3) is 0.943. The number of likely N-dealkylation sites (N-methyl/N-ethyl adjacent to an activating group) is 1. The number of carboxylic acids is 1. The summed E-state index contributed by atoms with van der Waals surface area (Å²) in [6.07, 6.45) is 96.7. The number of hydrogen-bond donors (Lipinski definition) is 0. The van der Waals surface area contributed by atoms with Crippen LogP contribution in [0, 0.1) is 0 Å². The quantitative estimate of drug-likeness (QED) is 0.0195. The summed E-state index contributed by atoms with van der Waals surface area (Å²) in [4.78, 5) is 37.6. The van der Waals surface area contributed by atoms with Crippen LogP contribution in [0.1, 0.15) is 470 Å². The van der Waals surface area contributed by atoms with E-state index in [1.165, 1.54) is 405 Å². The van der Waals surface area contributed by atoms with Crippen molar-refractivity contribution in [3.8, 4) is 0 Å². The van der Waals surface area contributed by atoms with Gasteiger partial charge >= 0.3 is 11.9 Å². The largest absolute Gasteiger partial charge is 0.545 e. The van der Waals surface area contributed by atoms with Crippen molar-refractivity contribution in [1.29, 1.82) is 0 Å². The fourth-order valence-electron chi connectivity index (χ4n) is 13.7. The zero-order chi connectivity index (χ0) is 69.7. The van der Waals surface area contributed by atoms with Crippen LogP contribution < -0.4 is 5.11 Å². The van der Waals surface area contributed by atoms with Gasteiger partial charge in [-0.15, -0.1) is 0 Å². The molecule has 2 unspecified atom stereocenters. The molecule has 0 fully saturated rings. The van der Waals surface area contributed by atoms with Gasteiger partial charge in [-0.3, -0.25) is 9.59 Å². The number of hydrogen-bond acceptors (Lipinski definition) is 8. The Morgan fingerprint density at radius 2 is 0.531 bits per heavy atom. The third-order valence-corrected chi connectivity index (χ3v) is 20.3. The smallest absolute Gasteiger partial charge is 0.306 e. The SMILES string of the molecule is CCCCCCCCCC/C=C\CCCCCCCCCCCCCCCCCCCCCCCCCCCCCC(=O)OC(COC(=O)CCCCCCCCCCCCCCCCCCCCCCCCCCCCCCCCCC)COC(OCC[N+](C)(C)C)C(=O)[O-]. The van der Waals surface area contributed by atoms with Gasteiger partial charge in [0.2, 0.25) is 0 Å². The lowest BCUT2D eigenvalue weighted by molar-refractivity contribution is -0.870. The predicted molar refractivity (Wildman–Crippen MR) is 413 cm³/mol. The van der Waals surface area contributed by atoms with E-state index in [1.54, 1.807) is 0 Å². The number of nitrogens with zero attached hydrogens (tertiary/aromatic N) is 1. The first-order chi connectivity index (χ1) is 47.1. The third kappa shape index (κ3) is 79.4. The van der Waals surface area contributed by atoms with E-state index in [2.05, 4.69) is 26.0 Å². The second-order valence-corrected chi connectivity index (χ2v) is 31.2. The van der Waals surface area contributed by atoms with Gasteiger partial charge in [0.15, 0.2) is 12.4 Å². The highest BCUT2D eigenvalue weighted by Crippen LogP contribution is 2.21. The molecule has 0 saturated carbocycles. The number of rotatable bonds is 83. The highest BCUT2D eigenvalue weighted by molar-refractivity contribution is 5.70. The molecule has 0 N–H and O–H groups in total. The van der Waals surface area contributed by atoms with E-state index in [4.69, 9.17) is 18.9 Å². The van der Waals surface area contributed by atoms with Crippen molar-refractivity contribution in [3.63, 3.8) is 0 Å². The van der Waals surface area contributed by atoms with Crippen LogP contribution in [0.5, 0.6) is 0 Å². The van der Waals surface area contributed by atoms with Crippen molar-refractivity contribution in [1.82, 2.24) is 0 Å². The minimum Gasteiger partial charge on any atom is -0.545 e. The summed E-state index contributed by atoms with van der Waals surface area (Å²) in [5.74, 6) is -2.24. The van der Waals surface area contributed by atoms with Gasteiger partial charge in [-0.25, -0.2) is 0 Å². The standard InChI is InChI=1S/C87H169NO8/c1-6-8-10-12-14-16-18-20-22-24-26-28-30-32-34-36-38-40-41-42-43-44-45-46-48-50-52-54-56-58-60-62-64-66-68-70-72-74-76-78-85(90)96-83(82-95-87(86(91)92)93-80-79-88(3,4)5)81-94-84(89)77-75-73-71-69-67-65-63-61-59-57-55-53-51-49-47-39-37-35-33-31-29-27-25-23-21-19-17-15-13-11-9-7-2/h24,26,83,87H,6-23,25,27-82H2,1-5H3/b26-24-. The van der Waals surface area contributed by atoms with E-state index in [1.807, 2.05) is 21.1 Å². The summed E-state index contributed by atoms with van der Waals surface area (Å²) < 4.78 is 22.9. The van der Waals surface area contributed by atoms with E-state index in [-0.39, 0.29) is 32.2 Å². The Hall–Kier alpha value is -1.97. The molecule has 0 bridgehead atoms. The summed E-state index contributed by atoms with van der Waals surface area (Å²) in [5, 5.41) is 11.9. The predicted octanol–water partition coefficient (Wildman–Crippen LogP) is 26.5. The molecule has 9 heteroatoms. The molecular weight excluding hydrogens is 1190 g/mol. The molecule has 0 aromatic carbocycles. The molecule has 0 rings (SSSR count). The summed E-state index contributed by atoms with van der Waals surface area (Å²) in [6, 6.07) is 0. The molecule has 0 aliphatic heterocycles. The lowest BCUT2D eigenvalue weighted by Crippen LogP contribution is -2.44. The van der Waals surface area contributed by atoms with E-state index in [9.17, 15) is 19.5 Å². The Morgan fingerprint density at radius 3 is 0.771 bits per heavy atom. The number of carbonyl (C=O) groups is 3. The second-order valence-electron chi connectivity index (χ2n) is 31.2. The second kappa shape index (κ2) is 78.7. The Bertz CT molecular complexity index is 1580. The van der Waals surface area contributed by atoms with Gasteiger partial charge in [0.25, 0.3) is 0 Å². The van der Waals surface area contributed by atoms with Crippen LogP contribution in [0.25, 0.3) is 0 Å². The minimum absolute atomic E-state index is 0.153. The number of quaternary nitrogens is 1. The molecule has 0 aliphatic carbocycles. The van der Waals surface area contributed by atoms with Crippen LogP contribution >= 0.6 is 0 Å². The summed E-state index contributed by atoms with van der Waals surface area (Å²) in [7, 11) is 5.96. The lowest BCUT2D eigenvalue weighted by Gasteiger charge is -2.26. The molecule has 0 heterocycles. The van der Waals surface area contributed by atoms with E-state index >= 15 is 0 Å². The molecule has 96 heavy (non-hydrogen) atoms. The molecule has 9 nitrogen and oxygen atoms in total. The van der Waals surface area contributed by atoms with E-state index in [0.29, 0.717) is 17.4 Å². The average Bonchev–Trinajstić information content (AvgIpc) is 2.40. The van der Waals surface area contributed by atoms with Crippen molar-refractivity contribution in [2.75, 3.05) is 47.5 Å². The maximum absolute atomic E-state index is 13.0. The number of aliphatic carboxylic acids is 1. The first-order valence-corrected chi connectivity index (χ1v) is 43.3. The number of carboxylic acid groups (broad SMARTS) is 1. The number of esters is 2. The van der Waals surface area contributed by atoms with Crippen LogP contribution in [-0.4, -0.2) is 82.3 Å². The summed E-state index contributed by atoms with van der Waals surface area (Å²) in [6.45, 7) is 4.85. The molecule has 0 aliphatic rings. The average molecular weight is 1360 g/mol. The van der Waals surface area contributed by atoms with Gasteiger partial charge in [-0.2, -0.15) is 0 Å². The zero-order valence-corrected chi connectivity index (χ0v) is 65.6. The Labute approximate surface area is 599 Å². The van der Waals surface area contributed by atoms with Crippen molar-refractivity contribution in [2.45, 2.75) is 482 Å². The highest BCUT2D eigenvalue weighted by atomic mass is 16.7. The molecule has 0 aromatic heterocycles. The molecule has 0 amide bonds. The Kier molecular flexibility index (Phi) is 77.1. The molecule has 570 valence electrons. The van der Waals surface area contributed by atoms with Crippen LogP contribution in [0.15, 0.2) is 12.2 Å². The van der Waals surface area contributed by atoms with Gasteiger partial charge in [-0.05, 0) is 38.5 Å². The Morgan fingerprint density at radius 1 is 0.302 bits per heavy atom. The first-order valence-electron chi connectivity index (χ1n) is 43.3. The minimum atomic E-state index is -1.62. The molecule has 0 saturated heterocycles. The van der Waals surface area contributed by atoms with E-state index in [0.717, 1.165) is 38.5 Å². The van der Waals surface area contributed by atoms with Crippen molar-refractivity contribution in [2.24, 2.45) is 0 Å². The van der Waals surface area contributed by atoms with Gasteiger partial charge < -0.3 is 33.3 Å². The number of unbranched alkanes of at least 4 members (excludes halogenated alkanes) is 66. The molecule has 2 atom stereocenters. The molecule has 0 spiro atoms. The normalized spacial score (nSPS) is 12.6. The van der Waals surface area contributed by atoms with Gasteiger partial charge in [-0.1, -0.05) is 431 Å². The number of allylic oxidation sites excluding steroid dienone is 2. The van der Waals surface area contributed by atoms with Crippen molar-refractivity contribution < 1.29 is 42.9 Å². The summed E-state index contributed by atoms with van der Waals surface area (Å²) >= 11 is 0. The first kappa shape index (κ1) is 94.0. The maximum Gasteiger partial charge on any atom is 0.306 e. The molecular formula is C87H169NO8. The maximum atomic E-state index is 13.0. The fourth-order valence-corrected chi connectivity index (χ4v) is 13.7. The molecule has 0 aromatic rings. The zero-order valence-electron chi connectivity index (χ0n) is 65.6. The lowest BCUT2D eigenvalue weighted by atomic mass is 10.0. The van der Waals surface area contributed by atoms with Gasteiger partial charge in [0.1, 0.15) is 13.2 Å². The van der Waals surface area contributed by atoms with Crippen LogP contribution in [0.3, 0.4) is 0 Å². The van der Waals surface area contributed by atoms with Crippen molar-refractivity contribution in [3.05, 3.63) is 12.2 Å². The molecule has 0 radical (unpaired) electrons. The van der Waals surface area contributed by atoms with Crippen LogP contribution in [0.4, 0.5) is 0 Å². The number of carbonyl (C=O) groups excluding carboxylic acids is 3.